The molecule has 0 spiro atoms. The van der Waals surface area contributed by atoms with E-state index in [0.717, 1.165) is 4.47 Å². The molecular formula is C8H7Br. The Morgan fingerprint density at radius 1 is 1.67 bits per heavy atom. The highest BCUT2D eigenvalue weighted by Crippen LogP contribution is 2.15. The fourth-order valence-electron chi connectivity index (χ4n) is 0.563. The molecule has 1 heteroatoms. The minimum atomic E-state index is -0.470. The summed E-state index contributed by atoms with van der Waals surface area (Å²) >= 11 is 3.24. The first-order valence-electron chi connectivity index (χ1n) is 4.02. The molecule has 0 radical (unpaired) electrons. The molecule has 1 rings (SSSR count). The second-order valence-electron chi connectivity index (χ2n) is 1.60. The molecule has 0 nitrogen and oxygen atoms in total. The van der Waals surface area contributed by atoms with Crippen LogP contribution >= 0.6 is 15.9 Å². The summed E-state index contributed by atoms with van der Waals surface area (Å²) in [6.45, 7) is -0.470. The molecule has 0 unspecified atom stereocenters. The summed E-state index contributed by atoms with van der Waals surface area (Å²) < 4.78 is 22.0. The van der Waals surface area contributed by atoms with Crippen LogP contribution < -0.4 is 0 Å². The van der Waals surface area contributed by atoms with Crippen molar-refractivity contribution in [2.75, 3.05) is 0 Å². The summed E-state index contributed by atoms with van der Waals surface area (Å²) in [7, 11) is 0. The Labute approximate surface area is 67.6 Å². The van der Waals surface area contributed by atoms with Gasteiger partial charge < -0.3 is 0 Å². The molecule has 1 aromatic rings. The zero-order valence-electron chi connectivity index (χ0n) is 7.69. The molecule has 0 aliphatic rings. The number of rotatable bonds is 1. The van der Waals surface area contributed by atoms with Gasteiger partial charge in [0.05, 0.1) is 4.11 Å². The van der Waals surface area contributed by atoms with Crippen LogP contribution in [0.2, 0.25) is 0 Å². The standard InChI is InChI=1S/C8H7Br/c1-2-7-5-3-4-6-8(7)9/h2-6H,1H2/i1D2,2D. The summed E-state index contributed by atoms with van der Waals surface area (Å²) in [4.78, 5) is 0. The summed E-state index contributed by atoms with van der Waals surface area (Å²) in [5, 5.41) is 0. The van der Waals surface area contributed by atoms with Crippen LogP contribution in [0.1, 0.15) is 9.68 Å². The maximum absolute atomic E-state index is 7.38. The van der Waals surface area contributed by atoms with E-state index < -0.39 is 6.53 Å². The highest BCUT2D eigenvalue weighted by atomic mass is 79.9. The highest BCUT2D eigenvalue weighted by molar-refractivity contribution is 9.10. The van der Waals surface area contributed by atoms with Crippen LogP contribution in [-0.4, -0.2) is 0 Å². The minimum absolute atomic E-state index is 0.0672. The lowest BCUT2D eigenvalue weighted by Crippen LogP contribution is -1.70. The zero-order chi connectivity index (χ0) is 9.14. The first-order valence-corrected chi connectivity index (χ1v) is 3.31. The number of benzene rings is 1. The van der Waals surface area contributed by atoms with Crippen LogP contribution in [0.25, 0.3) is 6.05 Å². The molecule has 1 aromatic carbocycles. The summed E-state index contributed by atoms with van der Waals surface area (Å²) in [5.41, 5.74) is 0.581. The van der Waals surface area contributed by atoms with Crippen LogP contribution in [0.5, 0.6) is 0 Å². The van der Waals surface area contributed by atoms with Crippen molar-refractivity contribution in [1.29, 1.82) is 0 Å². The second-order valence-corrected chi connectivity index (χ2v) is 2.46. The smallest absolute Gasteiger partial charge is 0.0623 e. The van der Waals surface area contributed by atoms with Crippen molar-refractivity contribution >= 4 is 22.0 Å². The number of hydrogen-bond donors (Lipinski definition) is 0. The Balaban J connectivity index is 3.21. The van der Waals surface area contributed by atoms with E-state index in [2.05, 4.69) is 15.9 Å². The Kier molecular flexibility index (Phi) is 1.12. The molecule has 0 bridgehead atoms. The van der Waals surface area contributed by atoms with E-state index in [9.17, 15) is 0 Å². The van der Waals surface area contributed by atoms with Crippen LogP contribution in [0.3, 0.4) is 0 Å². The van der Waals surface area contributed by atoms with Crippen LogP contribution in [0.4, 0.5) is 0 Å². The molecule has 0 atom stereocenters. The lowest BCUT2D eigenvalue weighted by molar-refractivity contribution is 1.61. The predicted molar refractivity (Wildman–Crippen MR) is 44.2 cm³/mol. The molecule has 0 aliphatic carbocycles. The van der Waals surface area contributed by atoms with E-state index in [0.29, 0.717) is 5.56 Å². The molecule has 46 valence electrons. The summed E-state index contributed by atoms with van der Waals surface area (Å²) in [6, 6.07) is 7.02. The van der Waals surface area contributed by atoms with Crippen molar-refractivity contribution in [2.45, 2.75) is 0 Å². The SMILES string of the molecule is [2H]C([2H])=C([2H])c1ccccc1Br. The molecule has 0 saturated heterocycles. The normalized spacial score (nSPS) is 13.2. The Morgan fingerprint density at radius 2 is 2.44 bits per heavy atom. The van der Waals surface area contributed by atoms with Crippen molar-refractivity contribution in [3.05, 3.63) is 40.8 Å². The van der Waals surface area contributed by atoms with E-state index in [-0.39, 0.29) is 6.05 Å². The fraction of sp³-hybridized carbons (Fsp3) is 0. The Morgan fingerprint density at radius 3 is 3.11 bits per heavy atom. The molecule has 0 aromatic heterocycles. The predicted octanol–water partition coefficient (Wildman–Crippen LogP) is 3.09. The average molecular weight is 186 g/mol. The van der Waals surface area contributed by atoms with E-state index in [1.54, 1.807) is 18.2 Å². The third-order valence-electron chi connectivity index (χ3n) is 1.01. The molecule has 0 aliphatic heterocycles. The van der Waals surface area contributed by atoms with Gasteiger partial charge in [-0.05, 0) is 11.6 Å². The Bertz CT molecular complexity index is 316. The van der Waals surface area contributed by atoms with E-state index in [1.165, 1.54) is 0 Å². The lowest BCUT2D eigenvalue weighted by Gasteiger charge is -1.93. The molecule has 0 N–H and O–H groups in total. The van der Waals surface area contributed by atoms with Gasteiger partial charge in [-0.2, -0.15) is 0 Å². The molecule has 0 heterocycles. The van der Waals surface area contributed by atoms with E-state index in [4.69, 9.17) is 4.11 Å². The summed E-state index contributed by atoms with van der Waals surface area (Å²) in [5.74, 6) is 0. The third-order valence-corrected chi connectivity index (χ3v) is 1.70. The van der Waals surface area contributed by atoms with Crippen LogP contribution in [0.15, 0.2) is 35.3 Å². The number of halogens is 1. The maximum atomic E-state index is 7.38. The van der Waals surface area contributed by atoms with Crippen molar-refractivity contribution < 1.29 is 4.11 Å². The molecule has 0 saturated carbocycles. The van der Waals surface area contributed by atoms with Gasteiger partial charge in [-0.25, -0.2) is 0 Å². The number of hydrogen-bond acceptors (Lipinski definition) is 0. The van der Waals surface area contributed by atoms with Gasteiger partial charge in [0.2, 0.25) is 0 Å². The van der Waals surface area contributed by atoms with Gasteiger partial charge in [0.15, 0.2) is 0 Å². The van der Waals surface area contributed by atoms with Crippen molar-refractivity contribution in [3.8, 4) is 0 Å². The molecule has 0 amide bonds. The quantitative estimate of drug-likeness (QED) is 0.632. The van der Waals surface area contributed by atoms with Gasteiger partial charge >= 0.3 is 0 Å². The topological polar surface area (TPSA) is 0 Å². The second kappa shape index (κ2) is 2.83. The van der Waals surface area contributed by atoms with Crippen molar-refractivity contribution in [3.63, 3.8) is 0 Å². The molecule has 0 fully saturated rings. The minimum Gasteiger partial charge on any atom is -0.0984 e. The van der Waals surface area contributed by atoms with Gasteiger partial charge in [-0.1, -0.05) is 46.7 Å². The first kappa shape index (κ1) is 3.57. The van der Waals surface area contributed by atoms with Gasteiger partial charge in [-0.15, -0.1) is 0 Å². The third kappa shape index (κ3) is 1.42. The first-order chi connectivity index (χ1) is 5.63. The summed E-state index contributed by atoms with van der Waals surface area (Å²) in [6.07, 6.45) is 0. The van der Waals surface area contributed by atoms with Crippen molar-refractivity contribution in [2.24, 2.45) is 0 Å². The molecular weight excluding hydrogens is 176 g/mol. The molecule has 9 heavy (non-hydrogen) atoms. The average Bonchev–Trinajstić information content (AvgIpc) is 2.04. The lowest BCUT2D eigenvalue weighted by atomic mass is 10.2. The van der Waals surface area contributed by atoms with Gasteiger partial charge in [0, 0.05) is 4.47 Å². The van der Waals surface area contributed by atoms with Gasteiger partial charge in [-0.3, -0.25) is 0 Å². The fourth-order valence-corrected chi connectivity index (χ4v) is 0.946. The van der Waals surface area contributed by atoms with E-state index >= 15 is 0 Å². The largest absolute Gasteiger partial charge is 0.0984 e. The zero-order valence-corrected chi connectivity index (χ0v) is 6.27. The van der Waals surface area contributed by atoms with Crippen LogP contribution in [0, 0.1) is 0 Å². The Hall–Kier alpha value is -0.560. The van der Waals surface area contributed by atoms with Gasteiger partial charge in [0.1, 0.15) is 0 Å². The van der Waals surface area contributed by atoms with Crippen LogP contribution in [-0.2, 0) is 0 Å². The monoisotopic (exact) mass is 185 g/mol. The maximum Gasteiger partial charge on any atom is 0.0623 e. The highest BCUT2D eigenvalue weighted by Gasteiger charge is 1.88. The van der Waals surface area contributed by atoms with E-state index in [1.807, 2.05) is 6.07 Å². The van der Waals surface area contributed by atoms with Gasteiger partial charge in [0.25, 0.3) is 0 Å². The van der Waals surface area contributed by atoms with Crippen molar-refractivity contribution in [1.82, 2.24) is 0 Å².